The molecule has 3 aliphatic carbocycles. The van der Waals surface area contributed by atoms with E-state index >= 15 is 0 Å². The molecule has 5 aliphatic rings. The maximum absolute atomic E-state index is 14.0. The number of phenols is 1. The number of nitrogens with zero attached hydrogens (tertiary/aromatic N) is 2. The zero-order chi connectivity index (χ0) is 25.1. The topological polar surface area (TPSA) is 128 Å². The van der Waals surface area contributed by atoms with Crippen LogP contribution in [0.3, 0.4) is 0 Å². The molecule has 1 spiro atoms. The van der Waals surface area contributed by atoms with E-state index in [4.69, 9.17) is 4.74 Å². The van der Waals surface area contributed by atoms with Gasteiger partial charge in [-0.15, -0.1) is 0 Å². The fourth-order valence-corrected chi connectivity index (χ4v) is 7.77. The van der Waals surface area contributed by atoms with Crippen LogP contribution in [0.15, 0.2) is 36.5 Å². The molecule has 3 heterocycles. The highest BCUT2D eigenvalue weighted by Crippen LogP contribution is 2.65. The van der Waals surface area contributed by atoms with Gasteiger partial charge in [0.25, 0.3) is 0 Å². The third-order valence-electron chi connectivity index (χ3n) is 9.66. The summed E-state index contributed by atoms with van der Waals surface area (Å²) < 4.78 is 6.22. The molecule has 9 heteroatoms. The molecule has 37 heavy (non-hydrogen) atoms. The molecule has 3 fully saturated rings. The first-order valence-electron chi connectivity index (χ1n) is 13.2. The fourth-order valence-electron chi connectivity index (χ4n) is 7.77. The van der Waals surface area contributed by atoms with Gasteiger partial charge >= 0.3 is 0 Å². The van der Waals surface area contributed by atoms with E-state index in [2.05, 4.69) is 20.4 Å². The summed E-state index contributed by atoms with van der Waals surface area (Å²) in [5.74, 6) is -0.926. The van der Waals surface area contributed by atoms with Gasteiger partial charge < -0.3 is 20.3 Å². The highest BCUT2D eigenvalue weighted by atomic mass is 16.5. The standard InChI is InChI=1S/C28H28N4O5/c33-20-6-4-15-9-21-28(36)11-18(26(35)30-17-5-3-16-12-29-31-19(16)10-17)23(34)25-27(28,22(15)24(20)37-25)7-8-32(21)13-14-1-2-14/h3-6,10,12,14,18,21,25,33,36H,1-2,7-9,11,13H2,(H,29,31)(H,30,35)/t18?,21-,25+,27+,28-/m1/s1. The van der Waals surface area contributed by atoms with Crippen molar-refractivity contribution in [2.24, 2.45) is 11.8 Å². The smallest absolute Gasteiger partial charge is 0.235 e. The van der Waals surface area contributed by atoms with Gasteiger partial charge in [-0.05, 0) is 74.4 Å². The first-order chi connectivity index (χ1) is 17.9. The van der Waals surface area contributed by atoms with Gasteiger partial charge in [-0.25, -0.2) is 0 Å². The molecule has 1 unspecified atom stereocenters. The number of aromatic amines is 1. The maximum atomic E-state index is 14.0. The first-order valence-corrected chi connectivity index (χ1v) is 13.2. The van der Waals surface area contributed by atoms with E-state index in [9.17, 15) is 19.8 Å². The first kappa shape index (κ1) is 21.6. The SMILES string of the molecule is O=C(Nc1ccc2cn[nH]c2c1)C1C[C@@]2(O)[C@H]3Cc4ccc(O)c5c4[C@@]2(CCN3CC2CC2)[C@@H](O5)C1=O. The van der Waals surface area contributed by atoms with Crippen molar-refractivity contribution >= 4 is 28.3 Å². The Kier molecular flexibility index (Phi) is 4.16. The number of nitrogens with one attached hydrogen (secondary N) is 2. The van der Waals surface area contributed by atoms with Gasteiger partial charge in [-0.3, -0.25) is 19.6 Å². The number of ether oxygens (including phenoxy) is 1. The minimum absolute atomic E-state index is 0.0228. The van der Waals surface area contributed by atoms with Crippen LogP contribution >= 0.6 is 0 Å². The van der Waals surface area contributed by atoms with Gasteiger partial charge in [0, 0.05) is 29.2 Å². The normalized spacial score (nSPS) is 33.8. The van der Waals surface area contributed by atoms with Gasteiger partial charge in [-0.1, -0.05) is 6.07 Å². The summed E-state index contributed by atoms with van der Waals surface area (Å²) in [4.78, 5) is 29.9. The number of amides is 1. The Morgan fingerprint density at radius 3 is 2.97 bits per heavy atom. The van der Waals surface area contributed by atoms with Crippen molar-refractivity contribution < 1.29 is 24.5 Å². The summed E-state index contributed by atoms with van der Waals surface area (Å²) in [6.45, 7) is 1.68. The quantitative estimate of drug-likeness (QED) is 0.405. The van der Waals surface area contributed by atoms with Crippen LogP contribution in [0.25, 0.3) is 10.9 Å². The van der Waals surface area contributed by atoms with Crippen LogP contribution in [-0.2, 0) is 21.4 Å². The number of likely N-dealkylation sites (tertiary alicyclic amines) is 1. The van der Waals surface area contributed by atoms with Gasteiger partial charge in [0.1, 0.15) is 5.92 Å². The fraction of sp³-hybridized carbons (Fsp3) is 0.464. The van der Waals surface area contributed by atoms with E-state index in [1.54, 1.807) is 24.4 Å². The number of fused-ring (bicyclic) bond motifs is 1. The van der Waals surface area contributed by atoms with Crippen molar-refractivity contribution in [2.75, 3.05) is 18.4 Å². The molecule has 2 saturated carbocycles. The molecule has 9 nitrogen and oxygen atoms in total. The van der Waals surface area contributed by atoms with Crippen molar-refractivity contribution in [1.29, 1.82) is 0 Å². The average Bonchev–Trinajstić information content (AvgIpc) is 3.43. The molecule has 2 aliphatic heterocycles. The Hall–Kier alpha value is -3.43. The number of rotatable bonds is 4. The van der Waals surface area contributed by atoms with Crippen LogP contribution in [0.5, 0.6) is 11.5 Å². The van der Waals surface area contributed by atoms with Crippen molar-refractivity contribution in [3.8, 4) is 11.5 Å². The number of aromatic nitrogens is 2. The molecule has 2 bridgehead atoms. The second kappa shape index (κ2) is 7.11. The van der Waals surface area contributed by atoms with Crippen LogP contribution in [0.4, 0.5) is 5.69 Å². The third kappa shape index (κ3) is 2.73. The molecular weight excluding hydrogens is 472 g/mol. The predicted octanol–water partition coefficient (Wildman–Crippen LogP) is 2.27. The Morgan fingerprint density at radius 2 is 2.14 bits per heavy atom. The average molecular weight is 501 g/mol. The Balaban J connectivity index is 1.21. The van der Waals surface area contributed by atoms with Crippen molar-refractivity contribution in [3.63, 3.8) is 0 Å². The predicted molar refractivity (Wildman–Crippen MR) is 133 cm³/mol. The van der Waals surface area contributed by atoms with E-state index in [0.717, 1.165) is 35.1 Å². The molecule has 5 atom stereocenters. The highest BCUT2D eigenvalue weighted by Gasteiger charge is 2.75. The van der Waals surface area contributed by atoms with E-state index in [1.165, 1.54) is 12.8 Å². The molecule has 0 radical (unpaired) electrons. The second-order valence-electron chi connectivity index (χ2n) is 11.6. The van der Waals surface area contributed by atoms with Crippen LogP contribution in [0.1, 0.15) is 36.8 Å². The zero-order valence-corrected chi connectivity index (χ0v) is 20.2. The van der Waals surface area contributed by atoms with Crippen LogP contribution < -0.4 is 10.1 Å². The molecular formula is C28H28N4O5. The number of benzene rings is 2. The lowest BCUT2D eigenvalue weighted by Crippen LogP contribution is -2.78. The molecule has 190 valence electrons. The van der Waals surface area contributed by atoms with E-state index < -0.39 is 28.9 Å². The molecule has 1 saturated heterocycles. The van der Waals surface area contributed by atoms with Crippen molar-refractivity contribution in [2.45, 2.75) is 55.3 Å². The Bertz CT molecular complexity index is 1500. The highest BCUT2D eigenvalue weighted by molar-refractivity contribution is 6.11. The Labute approximate surface area is 212 Å². The molecule has 8 rings (SSSR count). The van der Waals surface area contributed by atoms with Crippen molar-refractivity contribution in [3.05, 3.63) is 47.7 Å². The molecule has 1 aromatic heterocycles. The third-order valence-corrected chi connectivity index (χ3v) is 9.66. The largest absolute Gasteiger partial charge is 0.504 e. The molecule has 3 aromatic rings. The number of Topliss-reactive ketones (excluding diaryl/α,β-unsaturated/α-hetero) is 1. The summed E-state index contributed by atoms with van der Waals surface area (Å²) in [6.07, 6.45) is 4.29. The number of hydrogen-bond acceptors (Lipinski definition) is 7. The minimum Gasteiger partial charge on any atom is -0.504 e. The van der Waals surface area contributed by atoms with Gasteiger partial charge in [0.2, 0.25) is 5.91 Å². The second-order valence-corrected chi connectivity index (χ2v) is 11.6. The number of anilines is 1. The summed E-state index contributed by atoms with van der Waals surface area (Å²) in [5.41, 5.74) is 0.840. The van der Waals surface area contributed by atoms with E-state index in [1.807, 2.05) is 12.1 Å². The number of ketones is 1. The number of aromatic hydroxyl groups is 1. The number of carbonyl (C=O) groups is 2. The summed E-state index contributed by atoms with van der Waals surface area (Å²) in [7, 11) is 0. The number of piperidine rings is 1. The maximum Gasteiger partial charge on any atom is 0.235 e. The van der Waals surface area contributed by atoms with E-state index in [0.29, 0.717) is 30.2 Å². The lowest BCUT2D eigenvalue weighted by molar-refractivity contribution is -0.197. The molecule has 2 aromatic carbocycles. The molecule has 1 amide bonds. The van der Waals surface area contributed by atoms with Gasteiger partial charge in [-0.2, -0.15) is 5.10 Å². The summed E-state index contributed by atoms with van der Waals surface area (Å²) in [5, 5.41) is 34.1. The van der Waals surface area contributed by atoms with Crippen molar-refractivity contribution in [1.82, 2.24) is 15.1 Å². The lowest BCUT2D eigenvalue weighted by Gasteiger charge is -2.63. The minimum atomic E-state index is -1.33. The van der Waals surface area contributed by atoms with E-state index in [-0.39, 0.29) is 24.0 Å². The van der Waals surface area contributed by atoms with Crippen LogP contribution in [-0.4, -0.2) is 67.8 Å². The summed E-state index contributed by atoms with van der Waals surface area (Å²) in [6, 6.07) is 8.71. The van der Waals surface area contributed by atoms with Crippen LogP contribution in [0, 0.1) is 11.8 Å². The van der Waals surface area contributed by atoms with Gasteiger partial charge in [0.05, 0.1) is 22.7 Å². The van der Waals surface area contributed by atoms with Crippen LogP contribution in [0.2, 0.25) is 0 Å². The monoisotopic (exact) mass is 500 g/mol. The lowest BCUT2D eigenvalue weighted by atomic mass is 9.47. The van der Waals surface area contributed by atoms with Gasteiger partial charge in [0.15, 0.2) is 23.4 Å². The molecule has 4 N–H and O–H groups in total. The number of H-pyrrole nitrogens is 1. The number of aliphatic hydroxyl groups is 1. The number of hydrogen-bond donors (Lipinski definition) is 4. The number of carbonyl (C=O) groups excluding carboxylic acids is 2. The Morgan fingerprint density at radius 1 is 1.27 bits per heavy atom. The number of phenolic OH excluding ortho intramolecular Hbond substituents is 1. The zero-order valence-electron chi connectivity index (χ0n) is 20.2. The summed E-state index contributed by atoms with van der Waals surface area (Å²) >= 11 is 0.